The molecular formula is C18H20Cl2N4O2. The summed E-state index contributed by atoms with van der Waals surface area (Å²) in [5.41, 5.74) is 1.39. The van der Waals surface area contributed by atoms with Gasteiger partial charge in [-0.25, -0.2) is 0 Å². The van der Waals surface area contributed by atoms with Crippen LogP contribution >= 0.6 is 23.2 Å². The van der Waals surface area contributed by atoms with Crippen molar-refractivity contribution in [3.63, 3.8) is 0 Å². The van der Waals surface area contributed by atoms with E-state index in [1.807, 2.05) is 18.1 Å². The number of piperidine rings is 1. The number of halogens is 2. The molecule has 138 valence electrons. The molecular weight excluding hydrogens is 375 g/mol. The molecule has 1 N–H and O–H groups in total. The molecule has 0 aliphatic carbocycles. The number of nitrogens with zero attached hydrogens (tertiary/aromatic N) is 3. The molecule has 1 aliphatic heterocycles. The van der Waals surface area contributed by atoms with Crippen LogP contribution in [-0.4, -0.2) is 39.6 Å². The zero-order valence-corrected chi connectivity index (χ0v) is 15.9. The van der Waals surface area contributed by atoms with E-state index in [1.54, 1.807) is 23.0 Å². The first-order chi connectivity index (χ1) is 12.5. The first-order valence-electron chi connectivity index (χ1n) is 8.47. The molecule has 8 heteroatoms. The van der Waals surface area contributed by atoms with E-state index in [0.717, 1.165) is 24.8 Å². The highest BCUT2D eigenvalue weighted by atomic mass is 35.5. The van der Waals surface area contributed by atoms with Crippen LogP contribution in [0.2, 0.25) is 10.0 Å². The number of likely N-dealkylation sites (tertiary alicyclic amines) is 1. The van der Waals surface area contributed by atoms with E-state index >= 15 is 0 Å². The van der Waals surface area contributed by atoms with Gasteiger partial charge in [-0.05, 0) is 37.5 Å². The number of aryl methyl sites for hydroxylation is 1. The van der Waals surface area contributed by atoms with Crippen LogP contribution in [0.3, 0.4) is 0 Å². The molecule has 0 bridgehead atoms. The number of nitrogens with one attached hydrogen (secondary N) is 1. The van der Waals surface area contributed by atoms with Crippen LogP contribution < -0.4 is 5.32 Å². The van der Waals surface area contributed by atoms with E-state index in [-0.39, 0.29) is 24.4 Å². The standard InChI is InChI=1S/C18H20Cl2N4O2/c1-23-11-13(9-22-23)16-4-2-3-7-24(16)17(25)10-21-18(26)12-5-6-14(19)15(20)8-12/h5-6,8-9,11,16H,2-4,7,10H2,1H3,(H,21,26). The van der Waals surface area contributed by atoms with Gasteiger partial charge >= 0.3 is 0 Å². The lowest BCUT2D eigenvalue weighted by Crippen LogP contribution is -2.44. The van der Waals surface area contributed by atoms with Gasteiger partial charge in [-0.15, -0.1) is 0 Å². The maximum absolute atomic E-state index is 12.7. The lowest BCUT2D eigenvalue weighted by atomic mass is 9.97. The van der Waals surface area contributed by atoms with Crippen molar-refractivity contribution in [2.75, 3.05) is 13.1 Å². The second kappa shape index (κ2) is 8.10. The molecule has 1 unspecified atom stereocenters. The third-order valence-corrected chi connectivity index (χ3v) is 5.25. The summed E-state index contributed by atoms with van der Waals surface area (Å²) < 4.78 is 1.73. The van der Waals surface area contributed by atoms with Crippen LogP contribution in [0.25, 0.3) is 0 Å². The monoisotopic (exact) mass is 394 g/mol. The van der Waals surface area contributed by atoms with Gasteiger partial charge in [0.05, 0.1) is 28.8 Å². The lowest BCUT2D eigenvalue weighted by molar-refractivity contribution is -0.133. The van der Waals surface area contributed by atoms with E-state index in [1.165, 1.54) is 6.07 Å². The molecule has 26 heavy (non-hydrogen) atoms. The Morgan fingerprint density at radius 3 is 2.77 bits per heavy atom. The predicted octanol–water partition coefficient (Wildman–Crippen LogP) is 3.21. The average molecular weight is 395 g/mol. The second-order valence-electron chi connectivity index (χ2n) is 6.36. The predicted molar refractivity (Wildman–Crippen MR) is 100 cm³/mol. The largest absolute Gasteiger partial charge is 0.343 e. The molecule has 3 rings (SSSR count). The molecule has 2 amide bonds. The summed E-state index contributed by atoms with van der Waals surface area (Å²) in [5, 5.41) is 7.55. The molecule has 0 radical (unpaired) electrons. The topological polar surface area (TPSA) is 67.2 Å². The number of hydrogen-bond donors (Lipinski definition) is 1. The summed E-state index contributed by atoms with van der Waals surface area (Å²) in [6.45, 7) is 0.622. The number of benzene rings is 1. The van der Waals surface area contributed by atoms with E-state index in [4.69, 9.17) is 23.2 Å². The maximum Gasteiger partial charge on any atom is 0.251 e. The van der Waals surface area contributed by atoms with Gasteiger partial charge in [0.1, 0.15) is 0 Å². The molecule has 2 aromatic rings. The van der Waals surface area contributed by atoms with Gasteiger partial charge in [0, 0.05) is 30.9 Å². The SMILES string of the molecule is Cn1cc(C2CCCCN2C(=O)CNC(=O)c2ccc(Cl)c(Cl)c2)cn1. The number of carbonyl (C=O) groups excluding carboxylic acids is 2. The zero-order valence-electron chi connectivity index (χ0n) is 14.4. The molecule has 1 aliphatic rings. The third-order valence-electron chi connectivity index (χ3n) is 4.51. The fraction of sp³-hybridized carbons (Fsp3) is 0.389. The van der Waals surface area contributed by atoms with E-state index in [2.05, 4.69) is 10.4 Å². The van der Waals surface area contributed by atoms with Crippen molar-refractivity contribution in [2.24, 2.45) is 7.05 Å². The van der Waals surface area contributed by atoms with Gasteiger partial charge in [-0.2, -0.15) is 5.10 Å². The highest BCUT2D eigenvalue weighted by molar-refractivity contribution is 6.42. The van der Waals surface area contributed by atoms with E-state index < -0.39 is 0 Å². The summed E-state index contributed by atoms with van der Waals surface area (Å²) in [7, 11) is 1.86. The first kappa shape index (κ1) is 18.7. The maximum atomic E-state index is 12.7. The molecule has 0 saturated carbocycles. The van der Waals surface area contributed by atoms with Crippen molar-refractivity contribution in [3.05, 3.63) is 51.8 Å². The number of amides is 2. The van der Waals surface area contributed by atoms with Gasteiger partial charge in [0.25, 0.3) is 5.91 Å². The molecule has 2 heterocycles. The van der Waals surface area contributed by atoms with Crippen molar-refractivity contribution in [3.8, 4) is 0 Å². The number of hydrogen-bond acceptors (Lipinski definition) is 3. The third kappa shape index (κ3) is 4.19. The quantitative estimate of drug-likeness (QED) is 0.865. The van der Waals surface area contributed by atoms with Gasteiger partial charge in [0.2, 0.25) is 5.91 Å². The summed E-state index contributed by atoms with van der Waals surface area (Å²) in [4.78, 5) is 26.8. The van der Waals surface area contributed by atoms with Gasteiger partial charge in [-0.3, -0.25) is 14.3 Å². The van der Waals surface area contributed by atoms with Crippen molar-refractivity contribution in [1.29, 1.82) is 0 Å². The molecule has 0 spiro atoms. The highest BCUT2D eigenvalue weighted by Gasteiger charge is 2.28. The Morgan fingerprint density at radius 2 is 2.08 bits per heavy atom. The van der Waals surface area contributed by atoms with Crippen molar-refractivity contribution < 1.29 is 9.59 Å². The van der Waals surface area contributed by atoms with E-state index in [9.17, 15) is 9.59 Å². The average Bonchev–Trinajstić information content (AvgIpc) is 3.08. The molecule has 1 atom stereocenters. The summed E-state index contributed by atoms with van der Waals surface area (Å²) in [6, 6.07) is 4.63. The fourth-order valence-corrected chi connectivity index (χ4v) is 3.48. The Morgan fingerprint density at radius 1 is 1.27 bits per heavy atom. The Hall–Kier alpha value is -2.05. The Kier molecular flexibility index (Phi) is 5.84. The van der Waals surface area contributed by atoms with Crippen molar-refractivity contribution in [2.45, 2.75) is 25.3 Å². The smallest absolute Gasteiger partial charge is 0.251 e. The number of aromatic nitrogens is 2. The first-order valence-corrected chi connectivity index (χ1v) is 9.22. The van der Waals surface area contributed by atoms with Gasteiger partial charge < -0.3 is 10.2 Å². The van der Waals surface area contributed by atoms with Crippen LogP contribution in [0.15, 0.2) is 30.6 Å². The highest BCUT2D eigenvalue weighted by Crippen LogP contribution is 2.30. The van der Waals surface area contributed by atoms with Crippen LogP contribution in [0.1, 0.15) is 41.2 Å². The van der Waals surface area contributed by atoms with Crippen LogP contribution in [0.4, 0.5) is 0 Å². The lowest BCUT2D eigenvalue weighted by Gasteiger charge is -2.35. The Balaban J connectivity index is 1.64. The van der Waals surface area contributed by atoms with Crippen LogP contribution in [0.5, 0.6) is 0 Å². The molecule has 1 fully saturated rings. The Labute approximate surface area is 162 Å². The van der Waals surface area contributed by atoms with Crippen LogP contribution in [-0.2, 0) is 11.8 Å². The summed E-state index contributed by atoms with van der Waals surface area (Å²) in [6.07, 6.45) is 6.66. The minimum atomic E-state index is -0.355. The number of carbonyl (C=O) groups is 2. The van der Waals surface area contributed by atoms with E-state index in [0.29, 0.717) is 22.2 Å². The summed E-state index contributed by atoms with van der Waals surface area (Å²) in [5.74, 6) is -0.459. The zero-order chi connectivity index (χ0) is 18.7. The Bertz CT molecular complexity index is 821. The van der Waals surface area contributed by atoms with Gasteiger partial charge in [0.15, 0.2) is 0 Å². The molecule has 1 aromatic heterocycles. The van der Waals surface area contributed by atoms with Gasteiger partial charge in [-0.1, -0.05) is 23.2 Å². The minimum absolute atomic E-state index is 0.00632. The minimum Gasteiger partial charge on any atom is -0.343 e. The normalized spacial score (nSPS) is 17.2. The molecule has 1 aromatic carbocycles. The molecule has 1 saturated heterocycles. The fourth-order valence-electron chi connectivity index (χ4n) is 3.19. The van der Waals surface area contributed by atoms with Crippen molar-refractivity contribution in [1.82, 2.24) is 20.0 Å². The summed E-state index contributed by atoms with van der Waals surface area (Å²) >= 11 is 11.8. The van der Waals surface area contributed by atoms with Crippen molar-refractivity contribution >= 4 is 35.0 Å². The molecule has 6 nitrogen and oxygen atoms in total. The number of rotatable bonds is 4. The van der Waals surface area contributed by atoms with Crippen LogP contribution in [0, 0.1) is 0 Å². The second-order valence-corrected chi connectivity index (χ2v) is 7.17.